The van der Waals surface area contributed by atoms with E-state index >= 15 is 0 Å². The zero-order chi connectivity index (χ0) is 14.2. The molecular weight excluding hydrogens is 256 g/mol. The van der Waals surface area contributed by atoms with Crippen molar-refractivity contribution in [1.82, 2.24) is 5.27 Å². The van der Waals surface area contributed by atoms with Crippen LogP contribution in [0.4, 0.5) is 5.88 Å². The lowest BCUT2D eigenvalue weighted by Crippen LogP contribution is -2.35. The van der Waals surface area contributed by atoms with E-state index in [-0.39, 0.29) is 0 Å². The van der Waals surface area contributed by atoms with Gasteiger partial charge in [-0.3, -0.25) is 9.52 Å². The molecule has 0 aliphatic heterocycles. The van der Waals surface area contributed by atoms with E-state index < -0.39 is 6.02 Å². The molecule has 2 rings (SSSR count). The Labute approximate surface area is 117 Å². The number of rotatable bonds is 6. The van der Waals surface area contributed by atoms with E-state index in [2.05, 4.69) is 22.5 Å². The summed E-state index contributed by atoms with van der Waals surface area (Å²) in [5, 5.41) is 17.9. The minimum absolute atomic E-state index is 0.297. The Bertz CT molecular complexity index is 551. The minimum atomic E-state index is -0.401. The van der Waals surface area contributed by atoms with E-state index in [1.165, 1.54) is 0 Å². The average Bonchev–Trinajstić information content (AvgIpc) is 2.87. The van der Waals surface area contributed by atoms with Crippen molar-refractivity contribution in [3.05, 3.63) is 42.1 Å². The third kappa shape index (κ3) is 4.38. The second-order valence-corrected chi connectivity index (χ2v) is 4.41. The highest BCUT2D eigenvalue weighted by molar-refractivity contribution is 5.83. The van der Waals surface area contributed by atoms with E-state index in [4.69, 9.17) is 4.52 Å². The van der Waals surface area contributed by atoms with E-state index in [0.29, 0.717) is 19.0 Å². The standard InChI is InChI=1S/C14H18N4O2/c1-2-3-9-15-14(19)16-13-11-18(17-20-13)10-12-7-5-4-6-8-12/h4-8,11H,2-3,9-10H2,1H3,(H-,15,16,17,19). The van der Waals surface area contributed by atoms with Crippen LogP contribution in [-0.4, -0.2) is 17.8 Å². The third-order valence-electron chi connectivity index (χ3n) is 2.69. The molecule has 1 aromatic carbocycles. The number of amidine groups is 1. The third-order valence-corrected chi connectivity index (χ3v) is 2.69. The summed E-state index contributed by atoms with van der Waals surface area (Å²) in [4.78, 5) is 3.86. The van der Waals surface area contributed by atoms with E-state index in [1.807, 2.05) is 30.3 Å². The maximum Gasteiger partial charge on any atom is 0.300 e. The van der Waals surface area contributed by atoms with Gasteiger partial charge in [-0.1, -0.05) is 43.7 Å². The highest BCUT2D eigenvalue weighted by Crippen LogP contribution is 2.02. The van der Waals surface area contributed by atoms with Gasteiger partial charge in [-0.05, 0) is 11.1 Å². The highest BCUT2D eigenvalue weighted by atomic mass is 16.5. The van der Waals surface area contributed by atoms with Crippen molar-refractivity contribution in [3.63, 3.8) is 0 Å². The molecule has 0 saturated heterocycles. The highest BCUT2D eigenvalue weighted by Gasteiger charge is 2.11. The Morgan fingerprint density at radius 2 is 2.20 bits per heavy atom. The maximum absolute atomic E-state index is 11.5. The molecule has 6 heteroatoms. The quantitative estimate of drug-likeness (QED) is 0.368. The lowest BCUT2D eigenvalue weighted by Gasteiger charge is -2.08. The first kappa shape index (κ1) is 14.0. The second-order valence-electron chi connectivity index (χ2n) is 4.41. The average molecular weight is 274 g/mol. The molecule has 0 bridgehead atoms. The normalized spacial score (nSPS) is 11.6. The van der Waals surface area contributed by atoms with Crippen molar-refractivity contribution >= 4 is 11.9 Å². The van der Waals surface area contributed by atoms with Gasteiger partial charge in [0.05, 0.1) is 6.02 Å². The Balaban J connectivity index is 1.90. The Morgan fingerprint density at radius 1 is 1.40 bits per heavy atom. The number of aromatic nitrogens is 2. The van der Waals surface area contributed by atoms with Gasteiger partial charge >= 0.3 is 0 Å². The zero-order valence-corrected chi connectivity index (χ0v) is 11.5. The number of hydrogen-bond donors (Lipinski definition) is 1. The van der Waals surface area contributed by atoms with E-state index in [9.17, 15) is 5.11 Å². The number of nitrogens with zero attached hydrogens (tertiary/aromatic N) is 3. The largest absolute Gasteiger partial charge is 0.846 e. The molecule has 2 aromatic rings. The second kappa shape index (κ2) is 7.28. The molecule has 0 aliphatic carbocycles. The monoisotopic (exact) mass is 274 g/mol. The Morgan fingerprint density at radius 3 is 2.95 bits per heavy atom. The van der Waals surface area contributed by atoms with Crippen molar-refractivity contribution in [2.75, 3.05) is 11.9 Å². The summed E-state index contributed by atoms with van der Waals surface area (Å²) in [6.45, 7) is 3.17. The summed E-state index contributed by atoms with van der Waals surface area (Å²) in [5.41, 5.74) is 1.11. The molecule has 20 heavy (non-hydrogen) atoms. The Kier molecular flexibility index (Phi) is 5.11. The molecule has 0 atom stereocenters. The fourth-order valence-electron chi connectivity index (χ4n) is 1.66. The molecule has 6 nitrogen and oxygen atoms in total. The Hall–Kier alpha value is -2.37. The molecule has 0 amide bonds. The first-order valence-corrected chi connectivity index (χ1v) is 6.67. The molecule has 0 unspecified atom stereocenters. The fraction of sp³-hybridized carbons (Fsp3) is 0.357. The SMILES string of the molecule is CCCCN=C([O-])Nc1c[n+](Cc2ccccc2)no1. The van der Waals surface area contributed by atoms with Crippen LogP contribution >= 0.6 is 0 Å². The summed E-state index contributed by atoms with van der Waals surface area (Å²) in [6.07, 6.45) is 3.55. The van der Waals surface area contributed by atoms with E-state index in [0.717, 1.165) is 18.4 Å². The number of hydrogen-bond acceptors (Lipinski definition) is 4. The van der Waals surface area contributed by atoms with Crippen LogP contribution < -0.4 is 15.1 Å². The van der Waals surface area contributed by atoms with Crippen LogP contribution in [0.2, 0.25) is 0 Å². The molecule has 0 radical (unpaired) electrons. The molecule has 0 aliphatic rings. The summed E-state index contributed by atoms with van der Waals surface area (Å²) < 4.78 is 6.66. The number of benzene rings is 1. The lowest BCUT2D eigenvalue weighted by molar-refractivity contribution is -0.754. The van der Waals surface area contributed by atoms with Crippen LogP contribution in [0.3, 0.4) is 0 Å². The molecule has 106 valence electrons. The molecule has 1 heterocycles. The lowest BCUT2D eigenvalue weighted by atomic mass is 10.2. The summed E-state index contributed by atoms with van der Waals surface area (Å²) >= 11 is 0. The molecule has 1 N–H and O–H groups in total. The van der Waals surface area contributed by atoms with Gasteiger partial charge in [0.25, 0.3) is 12.1 Å². The molecule has 1 aromatic heterocycles. The molecule has 0 spiro atoms. The van der Waals surface area contributed by atoms with Gasteiger partial charge in [0.15, 0.2) is 0 Å². The van der Waals surface area contributed by atoms with Crippen molar-refractivity contribution < 1.29 is 14.3 Å². The summed E-state index contributed by atoms with van der Waals surface area (Å²) in [7, 11) is 0. The van der Waals surface area contributed by atoms with Crippen LogP contribution in [0.25, 0.3) is 0 Å². The predicted molar refractivity (Wildman–Crippen MR) is 73.1 cm³/mol. The van der Waals surface area contributed by atoms with Gasteiger partial charge in [0, 0.05) is 12.1 Å². The van der Waals surface area contributed by atoms with Gasteiger partial charge < -0.3 is 10.4 Å². The number of nitrogens with one attached hydrogen (secondary N) is 1. The first-order valence-electron chi connectivity index (χ1n) is 6.67. The predicted octanol–water partition coefficient (Wildman–Crippen LogP) is 0.939. The van der Waals surface area contributed by atoms with Crippen molar-refractivity contribution in [2.24, 2.45) is 4.99 Å². The summed E-state index contributed by atoms with van der Waals surface area (Å²) in [5.74, 6) is 0.297. The first-order chi connectivity index (χ1) is 9.78. The van der Waals surface area contributed by atoms with Crippen LogP contribution in [-0.2, 0) is 6.54 Å². The van der Waals surface area contributed by atoms with Gasteiger partial charge in [0.2, 0.25) is 11.8 Å². The molecular formula is C14H18N4O2. The maximum atomic E-state index is 11.5. The summed E-state index contributed by atoms with van der Waals surface area (Å²) in [6, 6.07) is 9.48. The van der Waals surface area contributed by atoms with Gasteiger partial charge in [-0.2, -0.15) is 0 Å². The number of anilines is 1. The molecule has 0 fully saturated rings. The van der Waals surface area contributed by atoms with E-state index in [1.54, 1.807) is 10.9 Å². The van der Waals surface area contributed by atoms with Gasteiger partial charge in [0.1, 0.15) is 0 Å². The van der Waals surface area contributed by atoms with Crippen LogP contribution in [0.15, 0.2) is 46.0 Å². The van der Waals surface area contributed by atoms with Crippen LogP contribution in [0.1, 0.15) is 25.3 Å². The fourth-order valence-corrected chi connectivity index (χ4v) is 1.66. The number of aliphatic imine (C=N–C) groups is 1. The smallest absolute Gasteiger partial charge is 0.300 e. The topological polar surface area (TPSA) is 77.4 Å². The van der Waals surface area contributed by atoms with Crippen molar-refractivity contribution in [1.29, 1.82) is 0 Å². The minimum Gasteiger partial charge on any atom is -0.846 e. The van der Waals surface area contributed by atoms with Crippen molar-refractivity contribution in [2.45, 2.75) is 26.3 Å². The van der Waals surface area contributed by atoms with Crippen LogP contribution in [0.5, 0.6) is 0 Å². The van der Waals surface area contributed by atoms with Gasteiger partial charge in [-0.25, -0.2) is 0 Å². The van der Waals surface area contributed by atoms with Gasteiger partial charge in [-0.15, -0.1) is 0 Å². The zero-order valence-electron chi connectivity index (χ0n) is 11.5. The van der Waals surface area contributed by atoms with Crippen LogP contribution in [0, 0.1) is 0 Å². The van der Waals surface area contributed by atoms with Crippen molar-refractivity contribution in [3.8, 4) is 0 Å². The molecule has 0 saturated carbocycles. The number of unbranched alkanes of at least 4 members (excludes halogenated alkanes) is 1.